The smallest absolute Gasteiger partial charge is 0.267 e. The van der Waals surface area contributed by atoms with Gasteiger partial charge in [0.1, 0.15) is 5.69 Å². The second-order valence-electron chi connectivity index (χ2n) is 5.36. The Morgan fingerprint density at radius 3 is 2.94 bits per heavy atom. The zero-order valence-electron chi connectivity index (χ0n) is 11.1. The van der Waals surface area contributed by atoms with Crippen LogP contribution >= 0.6 is 0 Å². The number of aliphatic hydroxyl groups excluding tert-OH is 1. The van der Waals surface area contributed by atoms with E-state index >= 15 is 0 Å². The van der Waals surface area contributed by atoms with Gasteiger partial charge in [-0.1, -0.05) is 6.42 Å². The first-order valence-corrected chi connectivity index (χ1v) is 6.72. The van der Waals surface area contributed by atoms with E-state index in [-0.39, 0.29) is 24.0 Å². The Morgan fingerprint density at radius 1 is 1.56 bits per heavy atom. The zero-order valence-corrected chi connectivity index (χ0v) is 11.1. The van der Waals surface area contributed by atoms with Crippen LogP contribution in [0, 0.1) is 5.92 Å². The molecule has 2 unspecified atom stereocenters. The summed E-state index contributed by atoms with van der Waals surface area (Å²) in [7, 11) is 0. The van der Waals surface area contributed by atoms with Crippen LogP contribution in [0.25, 0.3) is 0 Å². The Kier molecular flexibility index (Phi) is 4.07. The molecule has 0 bridgehead atoms. The lowest BCUT2D eigenvalue weighted by Gasteiger charge is -2.17. The highest BCUT2D eigenvalue weighted by Gasteiger charge is 2.25. The molecule has 2 atom stereocenters. The van der Waals surface area contributed by atoms with Crippen LogP contribution in [0.4, 0.5) is 0 Å². The predicted molar refractivity (Wildman–Crippen MR) is 70.5 cm³/mol. The maximum absolute atomic E-state index is 12.1. The van der Waals surface area contributed by atoms with E-state index in [1.807, 2.05) is 22.9 Å². The molecule has 1 aliphatic rings. The lowest BCUT2D eigenvalue weighted by molar-refractivity contribution is 0.0906. The molecule has 1 aliphatic carbocycles. The third-order valence-electron chi connectivity index (χ3n) is 3.71. The molecule has 0 spiro atoms. The van der Waals surface area contributed by atoms with E-state index < -0.39 is 0 Å². The lowest BCUT2D eigenvalue weighted by atomic mass is 10.1. The van der Waals surface area contributed by atoms with Crippen molar-refractivity contribution in [2.45, 2.75) is 45.3 Å². The Morgan fingerprint density at radius 2 is 2.33 bits per heavy atom. The van der Waals surface area contributed by atoms with Gasteiger partial charge in [-0.25, -0.2) is 0 Å². The molecule has 2 rings (SSSR count). The van der Waals surface area contributed by atoms with E-state index in [2.05, 4.69) is 19.2 Å². The molecule has 0 aromatic carbocycles. The maximum Gasteiger partial charge on any atom is 0.267 e. The van der Waals surface area contributed by atoms with Crippen molar-refractivity contribution in [3.8, 4) is 0 Å². The number of nitrogens with zero attached hydrogens (tertiary/aromatic N) is 1. The summed E-state index contributed by atoms with van der Waals surface area (Å²) in [5, 5.41) is 12.7. The number of carbonyl (C=O) groups is 1. The van der Waals surface area contributed by atoms with Gasteiger partial charge in [0.25, 0.3) is 5.91 Å². The molecule has 0 aliphatic heterocycles. The van der Waals surface area contributed by atoms with E-state index in [1.165, 1.54) is 0 Å². The first-order valence-electron chi connectivity index (χ1n) is 6.72. The van der Waals surface area contributed by atoms with Gasteiger partial charge in [-0.2, -0.15) is 0 Å². The van der Waals surface area contributed by atoms with Crippen LogP contribution in [0.2, 0.25) is 0 Å². The summed E-state index contributed by atoms with van der Waals surface area (Å²) in [6.07, 6.45) is 4.60. The first kappa shape index (κ1) is 13.1. The van der Waals surface area contributed by atoms with Crippen LogP contribution in [0.3, 0.4) is 0 Å². The van der Waals surface area contributed by atoms with Crippen LogP contribution in [-0.4, -0.2) is 28.2 Å². The molecule has 1 amide bonds. The van der Waals surface area contributed by atoms with Gasteiger partial charge < -0.3 is 15.0 Å². The van der Waals surface area contributed by atoms with E-state index in [4.69, 9.17) is 0 Å². The zero-order chi connectivity index (χ0) is 13.1. The van der Waals surface area contributed by atoms with Crippen molar-refractivity contribution < 1.29 is 9.90 Å². The molecule has 1 aromatic heterocycles. The summed E-state index contributed by atoms with van der Waals surface area (Å²) in [6, 6.07) is 4.00. The highest BCUT2D eigenvalue weighted by Crippen LogP contribution is 2.24. The molecular weight excluding hydrogens is 228 g/mol. The number of nitrogens with one attached hydrogen (secondary N) is 1. The minimum atomic E-state index is -0.248. The molecule has 100 valence electrons. The van der Waals surface area contributed by atoms with Crippen LogP contribution in [0.1, 0.15) is 49.6 Å². The van der Waals surface area contributed by atoms with Gasteiger partial charge in [-0.3, -0.25) is 4.79 Å². The van der Waals surface area contributed by atoms with Crippen LogP contribution < -0.4 is 5.32 Å². The molecule has 0 saturated heterocycles. The standard InChI is InChI=1S/C14H22N2O2/c1-10(2)16-8-4-6-12(16)14(18)15-9-11-5-3-7-13(11)17/h4,6,8,10-11,13,17H,3,5,7,9H2,1-2H3,(H,15,18). The Hall–Kier alpha value is -1.29. The number of hydrogen-bond donors (Lipinski definition) is 2. The van der Waals surface area contributed by atoms with E-state index in [1.54, 1.807) is 0 Å². The fraction of sp³-hybridized carbons (Fsp3) is 0.643. The van der Waals surface area contributed by atoms with Gasteiger partial charge in [0, 0.05) is 24.7 Å². The minimum Gasteiger partial charge on any atom is -0.393 e. The van der Waals surface area contributed by atoms with Gasteiger partial charge in [0.05, 0.1) is 6.10 Å². The quantitative estimate of drug-likeness (QED) is 0.858. The van der Waals surface area contributed by atoms with Crippen molar-refractivity contribution >= 4 is 5.91 Å². The van der Waals surface area contributed by atoms with Gasteiger partial charge in [0.15, 0.2) is 0 Å². The van der Waals surface area contributed by atoms with Gasteiger partial charge in [-0.15, -0.1) is 0 Å². The summed E-state index contributed by atoms with van der Waals surface area (Å²) in [5.74, 6) is 0.171. The maximum atomic E-state index is 12.1. The average Bonchev–Trinajstić information content (AvgIpc) is 2.94. The average molecular weight is 250 g/mol. The van der Waals surface area contributed by atoms with Crippen molar-refractivity contribution in [3.05, 3.63) is 24.0 Å². The van der Waals surface area contributed by atoms with Crippen molar-refractivity contribution in [3.63, 3.8) is 0 Å². The Bertz CT molecular complexity index is 412. The van der Waals surface area contributed by atoms with Gasteiger partial charge in [-0.05, 0) is 38.8 Å². The fourth-order valence-corrected chi connectivity index (χ4v) is 2.61. The molecule has 1 heterocycles. The van der Waals surface area contributed by atoms with Crippen molar-refractivity contribution in [2.24, 2.45) is 5.92 Å². The number of rotatable bonds is 4. The summed E-state index contributed by atoms with van der Waals surface area (Å²) in [4.78, 5) is 12.1. The van der Waals surface area contributed by atoms with Gasteiger partial charge >= 0.3 is 0 Å². The normalized spacial score (nSPS) is 23.6. The molecule has 1 saturated carbocycles. The van der Waals surface area contributed by atoms with Gasteiger partial charge in [0.2, 0.25) is 0 Å². The predicted octanol–water partition coefficient (Wildman–Crippen LogP) is 1.96. The largest absolute Gasteiger partial charge is 0.393 e. The van der Waals surface area contributed by atoms with Crippen LogP contribution in [-0.2, 0) is 0 Å². The van der Waals surface area contributed by atoms with E-state index in [0.29, 0.717) is 12.2 Å². The lowest BCUT2D eigenvalue weighted by Crippen LogP contribution is -2.33. The van der Waals surface area contributed by atoms with Crippen molar-refractivity contribution in [2.75, 3.05) is 6.54 Å². The van der Waals surface area contributed by atoms with Crippen molar-refractivity contribution in [1.82, 2.24) is 9.88 Å². The minimum absolute atomic E-state index is 0.0483. The SMILES string of the molecule is CC(C)n1cccc1C(=O)NCC1CCCC1O. The number of aromatic nitrogens is 1. The summed E-state index contributed by atoms with van der Waals surface area (Å²) < 4.78 is 1.96. The monoisotopic (exact) mass is 250 g/mol. The molecule has 18 heavy (non-hydrogen) atoms. The Labute approximate surface area is 108 Å². The number of amides is 1. The third kappa shape index (κ3) is 2.75. The molecule has 2 N–H and O–H groups in total. The number of aliphatic hydroxyl groups is 1. The molecule has 0 radical (unpaired) electrons. The molecule has 1 aromatic rings. The highest BCUT2D eigenvalue weighted by atomic mass is 16.3. The second kappa shape index (κ2) is 5.57. The summed E-state index contributed by atoms with van der Waals surface area (Å²) >= 11 is 0. The summed E-state index contributed by atoms with van der Waals surface area (Å²) in [5.41, 5.74) is 0.692. The topological polar surface area (TPSA) is 54.3 Å². The van der Waals surface area contributed by atoms with Crippen molar-refractivity contribution in [1.29, 1.82) is 0 Å². The third-order valence-corrected chi connectivity index (χ3v) is 3.71. The fourth-order valence-electron chi connectivity index (χ4n) is 2.61. The van der Waals surface area contributed by atoms with Crippen LogP contribution in [0.5, 0.6) is 0 Å². The number of hydrogen-bond acceptors (Lipinski definition) is 2. The molecule has 4 nitrogen and oxygen atoms in total. The molecular formula is C14H22N2O2. The number of carbonyl (C=O) groups excluding carboxylic acids is 1. The van der Waals surface area contributed by atoms with E-state index in [0.717, 1.165) is 19.3 Å². The second-order valence-corrected chi connectivity index (χ2v) is 5.36. The Balaban J connectivity index is 1.93. The molecule has 1 fully saturated rings. The van der Waals surface area contributed by atoms with E-state index in [9.17, 15) is 9.90 Å². The van der Waals surface area contributed by atoms with Crippen LogP contribution in [0.15, 0.2) is 18.3 Å². The summed E-state index contributed by atoms with van der Waals surface area (Å²) in [6.45, 7) is 4.68. The molecule has 4 heteroatoms. The first-order chi connectivity index (χ1) is 8.59. The highest BCUT2D eigenvalue weighted by molar-refractivity contribution is 5.92.